The Morgan fingerprint density at radius 1 is 1.33 bits per heavy atom. The molecule has 1 aliphatic carbocycles. The molecule has 0 aromatic carbocycles. The molecule has 1 saturated carbocycles. The number of amides is 1. The summed E-state index contributed by atoms with van der Waals surface area (Å²) in [4.78, 5) is 11.0. The van der Waals surface area contributed by atoms with Crippen molar-refractivity contribution >= 4 is 6.09 Å². The van der Waals surface area contributed by atoms with Crippen molar-refractivity contribution in [3.63, 3.8) is 0 Å². The fourth-order valence-corrected chi connectivity index (χ4v) is 2.83. The molecule has 0 spiro atoms. The van der Waals surface area contributed by atoms with E-state index in [9.17, 15) is 4.79 Å². The molecule has 15 heavy (non-hydrogen) atoms. The molecule has 0 bridgehead atoms. The molecule has 1 atom stereocenters. The van der Waals surface area contributed by atoms with Crippen molar-refractivity contribution in [2.75, 3.05) is 13.7 Å². The highest BCUT2D eigenvalue weighted by atomic mass is 16.5. The number of rotatable bonds is 2. The highest BCUT2D eigenvalue weighted by Crippen LogP contribution is 2.45. The van der Waals surface area contributed by atoms with Crippen molar-refractivity contribution in [2.45, 2.75) is 46.5 Å². The lowest BCUT2D eigenvalue weighted by Crippen LogP contribution is -2.40. The predicted molar refractivity (Wildman–Crippen MR) is 60.8 cm³/mol. The van der Waals surface area contributed by atoms with E-state index in [2.05, 4.69) is 30.8 Å². The molecule has 3 heteroatoms. The van der Waals surface area contributed by atoms with Crippen LogP contribution in [0.4, 0.5) is 4.79 Å². The van der Waals surface area contributed by atoms with Gasteiger partial charge in [0.25, 0.3) is 0 Å². The second-order valence-corrected chi connectivity index (χ2v) is 5.85. The predicted octanol–water partition coefficient (Wildman–Crippen LogP) is 2.95. The highest BCUT2D eigenvalue weighted by molar-refractivity contribution is 5.66. The van der Waals surface area contributed by atoms with Crippen LogP contribution in [0.25, 0.3) is 0 Å². The van der Waals surface area contributed by atoms with Crippen LogP contribution in [0.2, 0.25) is 0 Å². The van der Waals surface area contributed by atoms with Gasteiger partial charge in [-0.2, -0.15) is 0 Å². The Balaban J connectivity index is 2.47. The van der Waals surface area contributed by atoms with Crippen molar-refractivity contribution in [2.24, 2.45) is 10.8 Å². The van der Waals surface area contributed by atoms with Gasteiger partial charge in [0.15, 0.2) is 0 Å². The Bertz CT molecular complexity index is 238. The summed E-state index contributed by atoms with van der Waals surface area (Å²) in [5.74, 6) is 0. The summed E-state index contributed by atoms with van der Waals surface area (Å²) in [6.07, 6.45) is 4.59. The average Bonchev–Trinajstić information content (AvgIpc) is 2.12. The molecule has 88 valence electrons. The molecule has 1 unspecified atom stereocenters. The summed E-state index contributed by atoms with van der Waals surface area (Å²) < 4.78 is 4.59. The van der Waals surface area contributed by atoms with Crippen molar-refractivity contribution < 1.29 is 9.53 Å². The largest absolute Gasteiger partial charge is 0.453 e. The maximum absolute atomic E-state index is 11.0. The van der Waals surface area contributed by atoms with Crippen LogP contribution in [-0.4, -0.2) is 19.7 Å². The minimum Gasteiger partial charge on any atom is -0.453 e. The van der Waals surface area contributed by atoms with Gasteiger partial charge in [0.1, 0.15) is 0 Å². The lowest BCUT2D eigenvalue weighted by Gasteiger charge is -2.42. The number of alkyl carbamates (subject to hydrolysis) is 1. The van der Waals surface area contributed by atoms with Crippen molar-refractivity contribution in [1.29, 1.82) is 0 Å². The number of carbonyl (C=O) groups excluding carboxylic acids is 1. The van der Waals surface area contributed by atoms with Crippen LogP contribution in [0.3, 0.4) is 0 Å². The van der Waals surface area contributed by atoms with Gasteiger partial charge in [-0.25, -0.2) is 4.79 Å². The van der Waals surface area contributed by atoms with Crippen LogP contribution < -0.4 is 5.32 Å². The maximum Gasteiger partial charge on any atom is 0.406 e. The van der Waals surface area contributed by atoms with Gasteiger partial charge >= 0.3 is 6.09 Å². The molecule has 1 fully saturated rings. The van der Waals surface area contributed by atoms with Crippen LogP contribution >= 0.6 is 0 Å². The van der Waals surface area contributed by atoms with Crippen LogP contribution in [-0.2, 0) is 4.74 Å². The molecule has 0 saturated heterocycles. The van der Waals surface area contributed by atoms with Gasteiger partial charge in [-0.05, 0) is 30.1 Å². The zero-order valence-corrected chi connectivity index (χ0v) is 10.4. The summed E-state index contributed by atoms with van der Waals surface area (Å²) in [6, 6.07) is 0. The molecule has 1 amide bonds. The minimum atomic E-state index is -0.320. The van der Waals surface area contributed by atoms with Gasteiger partial charge in [-0.3, -0.25) is 0 Å². The van der Waals surface area contributed by atoms with E-state index in [1.54, 1.807) is 0 Å². The first kappa shape index (κ1) is 12.3. The molecule has 0 aromatic rings. The molecule has 1 rings (SSSR count). The molecular weight excluding hydrogens is 190 g/mol. The fraction of sp³-hybridized carbons (Fsp3) is 0.917. The third kappa shape index (κ3) is 3.73. The first-order chi connectivity index (χ1) is 6.87. The van der Waals surface area contributed by atoms with E-state index in [1.807, 2.05) is 0 Å². The van der Waals surface area contributed by atoms with Crippen molar-refractivity contribution in [3.8, 4) is 0 Å². The van der Waals surface area contributed by atoms with Gasteiger partial charge in [-0.15, -0.1) is 0 Å². The molecule has 1 aliphatic rings. The normalized spacial score (nSPS) is 29.6. The SMILES string of the molecule is COC(=O)NCC1(C)CCCC(C)(C)C1. The summed E-state index contributed by atoms with van der Waals surface area (Å²) in [5, 5.41) is 2.82. The van der Waals surface area contributed by atoms with E-state index in [-0.39, 0.29) is 11.5 Å². The van der Waals surface area contributed by atoms with Crippen LogP contribution in [0.15, 0.2) is 0 Å². The van der Waals surface area contributed by atoms with Gasteiger partial charge in [0, 0.05) is 6.54 Å². The molecular formula is C12H23NO2. The zero-order chi connectivity index (χ0) is 11.5. The third-order valence-corrected chi connectivity index (χ3v) is 3.38. The second-order valence-electron chi connectivity index (χ2n) is 5.85. The molecule has 1 N–H and O–H groups in total. The van der Waals surface area contributed by atoms with Gasteiger partial charge in [-0.1, -0.05) is 27.2 Å². The number of ether oxygens (including phenoxy) is 1. The second kappa shape index (κ2) is 4.42. The van der Waals surface area contributed by atoms with Gasteiger partial charge < -0.3 is 10.1 Å². The van der Waals surface area contributed by atoms with Crippen molar-refractivity contribution in [3.05, 3.63) is 0 Å². The number of nitrogens with one attached hydrogen (secondary N) is 1. The highest BCUT2D eigenvalue weighted by Gasteiger charge is 2.36. The quantitative estimate of drug-likeness (QED) is 0.766. The monoisotopic (exact) mass is 213 g/mol. The summed E-state index contributed by atoms with van der Waals surface area (Å²) in [5.41, 5.74) is 0.640. The molecule has 0 aromatic heterocycles. The lowest BCUT2D eigenvalue weighted by molar-refractivity contribution is 0.0941. The van der Waals surface area contributed by atoms with Crippen LogP contribution in [0, 0.1) is 10.8 Å². The minimum absolute atomic E-state index is 0.232. The maximum atomic E-state index is 11.0. The van der Waals surface area contributed by atoms with E-state index < -0.39 is 0 Å². The molecule has 0 aliphatic heterocycles. The first-order valence-corrected chi connectivity index (χ1v) is 5.69. The Labute approximate surface area is 92.6 Å². The number of carbonyl (C=O) groups is 1. The molecule has 0 heterocycles. The van der Waals surface area contributed by atoms with E-state index in [4.69, 9.17) is 0 Å². The van der Waals surface area contributed by atoms with Crippen molar-refractivity contribution in [1.82, 2.24) is 5.32 Å². The number of hydrogen-bond acceptors (Lipinski definition) is 2. The first-order valence-electron chi connectivity index (χ1n) is 5.69. The Morgan fingerprint density at radius 3 is 2.53 bits per heavy atom. The van der Waals surface area contributed by atoms with E-state index in [1.165, 1.54) is 32.8 Å². The van der Waals surface area contributed by atoms with Crippen LogP contribution in [0.5, 0.6) is 0 Å². The smallest absolute Gasteiger partial charge is 0.406 e. The molecule has 3 nitrogen and oxygen atoms in total. The lowest BCUT2D eigenvalue weighted by atomic mass is 9.64. The van der Waals surface area contributed by atoms with E-state index in [0.29, 0.717) is 5.41 Å². The standard InChI is InChI=1S/C12H23NO2/c1-11(2)6-5-7-12(3,8-11)9-13-10(14)15-4/h5-9H2,1-4H3,(H,13,14). The van der Waals surface area contributed by atoms with Gasteiger partial charge in [0.05, 0.1) is 7.11 Å². The Morgan fingerprint density at radius 2 is 2.00 bits per heavy atom. The van der Waals surface area contributed by atoms with E-state index in [0.717, 1.165) is 6.54 Å². The average molecular weight is 213 g/mol. The summed E-state index contributed by atoms with van der Waals surface area (Å²) >= 11 is 0. The van der Waals surface area contributed by atoms with E-state index >= 15 is 0 Å². The third-order valence-electron chi connectivity index (χ3n) is 3.38. The fourth-order valence-electron chi connectivity index (χ4n) is 2.83. The number of methoxy groups -OCH3 is 1. The number of hydrogen-bond donors (Lipinski definition) is 1. The van der Waals surface area contributed by atoms with Crippen LogP contribution in [0.1, 0.15) is 46.5 Å². The molecule has 0 radical (unpaired) electrons. The summed E-state index contributed by atoms with van der Waals surface area (Å²) in [6.45, 7) is 7.60. The summed E-state index contributed by atoms with van der Waals surface area (Å²) in [7, 11) is 1.41. The Hall–Kier alpha value is -0.730. The van der Waals surface area contributed by atoms with Gasteiger partial charge in [0.2, 0.25) is 0 Å². The Kier molecular flexibility index (Phi) is 3.63. The zero-order valence-electron chi connectivity index (χ0n) is 10.4. The topological polar surface area (TPSA) is 38.3 Å².